The lowest BCUT2D eigenvalue weighted by molar-refractivity contribution is 0.201. The summed E-state index contributed by atoms with van der Waals surface area (Å²) in [6.45, 7) is 2.46. The van der Waals surface area contributed by atoms with Crippen LogP contribution in [0.5, 0.6) is 0 Å². The number of benzene rings is 1. The predicted molar refractivity (Wildman–Crippen MR) is 116 cm³/mol. The topological polar surface area (TPSA) is 99.0 Å². The standard InChI is InChI=1S/C22H25FN6O2S/c23-18-4-1-2-6-20(18)29-15-17(25-27-29)14-28-12-8-16(9-13-28)19-5-3-7-21(24-19)22(10-11-22)26-32(30)31/h1-7,15-16,26H,8-14H2,(H,30,31)/p-1. The molecule has 3 heterocycles. The van der Waals surface area contributed by atoms with Crippen LogP contribution in [0.2, 0.25) is 0 Å². The summed E-state index contributed by atoms with van der Waals surface area (Å²) in [5.74, 6) is 0.0120. The number of hydrogen-bond acceptors (Lipinski definition) is 6. The summed E-state index contributed by atoms with van der Waals surface area (Å²) in [7, 11) is 0. The Hall–Kier alpha value is -2.53. The number of nitrogens with zero attached hydrogens (tertiary/aromatic N) is 5. The summed E-state index contributed by atoms with van der Waals surface area (Å²) in [5.41, 5.74) is 2.51. The van der Waals surface area contributed by atoms with Crippen LogP contribution in [0, 0.1) is 5.82 Å². The Morgan fingerprint density at radius 2 is 1.94 bits per heavy atom. The number of para-hydroxylation sites is 1. The van der Waals surface area contributed by atoms with Crippen molar-refractivity contribution < 1.29 is 13.2 Å². The third-order valence-electron chi connectivity index (χ3n) is 6.32. The van der Waals surface area contributed by atoms with E-state index in [9.17, 15) is 13.2 Å². The molecule has 5 rings (SSSR count). The van der Waals surface area contributed by atoms with Crippen LogP contribution < -0.4 is 4.72 Å². The first-order chi connectivity index (χ1) is 15.5. The van der Waals surface area contributed by atoms with Crippen LogP contribution >= 0.6 is 0 Å². The molecule has 1 saturated carbocycles. The number of rotatable bonds is 7. The molecule has 1 N–H and O–H groups in total. The van der Waals surface area contributed by atoms with Gasteiger partial charge in [-0.05, 0) is 63.0 Å². The zero-order chi connectivity index (χ0) is 22.1. The first-order valence-corrected chi connectivity index (χ1v) is 11.8. The first-order valence-electron chi connectivity index (χ1n) is 10.8. The Balaban J connectivity index is 1.20. The van der Waals surface area contributed by atoms with E-state index >= 15 is 0 Å². The number of hydrogen-bond donors (Lipinski definition) is 1. The van der Waals surface area contributed by atoms with E-state index in [2.05, 4.69) is 19.9 Å². The van der Waals surface area contributed by atoms with Crippen molar-refractivity contribution in [1.82, 2.24) is 29.6 Å². The molecule has 3 aromatic rings. The fraction of sp³-hybridized carbons (Fsp3) is 0.409. The fourth-order valence-electron chi connectivity index (χ4n) is 4.38. The minimum atomic E-state index is -2.30. The summed E-state index contributed by atoms with van der Waals surface area (Å²) < 4.78 is 40.3. The molecule has 1 aromatic carbocycles. The van der Waals surface area contributed by atoms with Crippen LogP contribution in [0.15, 0.2) is 48.7 Å². The maximum atomic E-state index is 14.0. The predicted octanol–water partition coefficient (Wildman–Crippen LogP) is 2.55. The summed E-state index contributed by atoms with van der Waals surface area (Å²) in [5, 5.41) is 8.28. The lowest BCUT2D eigenvalue weighted by atomic mass is 9.92. The van der Waals surface area contributed by atoms with E-state index in [4.69, 9.17) is 4.98 Å². The maximum Gasteiger partial charge on any atom is 0.148 e. The van der Waals surface area contributed by atoms with Gasteiger partial charge in [0.15, 0.2) is 0 Å². The van der Waals surface area contributed by atoms with E-state index < -0.39 is 16.8 Å². The van der Waals surface area contributed by atoms with E-state index in [-0.39, 0.29) is 5.82 Å². The molecule has 0 radical (unpaired) electrons. The van der Waals surface area contributed by atoms with Crippen molar-refractivity contribution in [3.05, 3.63) is 71.6 Å². The van der Waals surface area contributed by atoms with Crippen molar-refractivity contribution in [3.8, 4) is 5.69 Å². The summed E-state index contributed by atoms with van der Waals surface area (Å²) in [6.07, 6.45) is 5.27. The van der Waals surface area contributed by atoms with Gasteiger partial charge in [-0.3, -0.25) is 14.1 Å². The summed E-state index contributed by atoms with van der Waals surface area (Å²) >= 11 is -2.30. The van der Waals surface area contributed by atoms with Gasteiger partial charge >= 0.3 is 0 Å². The van der Waals surface area contributed by atoms with Gasteiger partial charge in [-0.1, -0.05) is 23.4 Å². The van der Waals surface area contributed by atoms with E-state index in [1.807, 2.05) is 18.2 Å². The van der Waals surface area contributed by atoms with Crippen LogP contribution in [0.1, 0.15) is 48.7 Å². The van der Waals surface area contributed by atoms with Gasteiger partial charge in [0.1, 0.15) is 11.5 Å². The van der Waals surface area contributed by atoms with Crippen molar-refractivity contribution >= 4 is 11.3 Å². The molecule has 1 saturated heterocycles. The number of halogens is 1. The molecule has 32 heavy (non-hydrogen) atoms. The number of pyridine rings is 1. The molecule has 2 aromatic heterocycles. The number of piperidine rings is 1. The number of likely N-dealkylation sites (tertiary alicyclic amines) is 1. The highest BCUT2D eigenvalue weighted by atomic mass is 32.2. The number of nitrogens with one attached hydrogen (secondary N) is 1. The number of aromatic nitrogens is 4. The van der Waals surface area contributed by atoms with E-state index in [0.29, 0.717) is 18.2 Å². The Bertz CT molecular complexity index is 1130. The third-order valence-corrected chi connectivity index (χ3v) is 6.88. The Kier molecular flexibility index (Phi) is 5.85. The molecule has 1 aliphatic carbocycles. The molecule has 1 aliphatic heterocycles. The summed E-state index contributed by atoms with van der Waals surface area (Å²) in [4.78, 5) is 7.14. The van der Waals surface area contributed by atoms with Crippen LogP contribution in [-0.2, 0) is 23.4 Å². The lowest BCUT2D eigenvalue weighted by Crippen LogP contribution is -2.34. The second-order valence-corrected chi connectivity index (χ2v) is 9.20. The SMILES string of the molecule is O=S([O-])NC1(c2cccc(C3CCN(Cc4cn(-c5ccccc5F)nn4)CC3)n2)CC1. The smallest absolute Gasteiger partial charge is 0.148 e. The van der Waals surface area contributed by atoms with Crippen molar-refractivity contribution in [1.29, 1.82) is 0 Å². The molecule has 1 atom stereocenters. The average molecular weight is 456 g/mol. The van der Waals surface area contributed by atoms with E-state index in [1.54, 1.807) is 24.4 Å². The molecule has 10 heteroatoms. The van der Waals surface area contributed by atoms with E-state index in [1.165, 1.54) is 10.7 Å². The zero-order valence-electron chi connectivity index (χ0n) is 17.5. The molecule has 8 nitrogen and oxygen atoms in total. The van der Waals surface area contributed by atoms with Crippen molar-refractivity contribution in [3.63, 3.8) is 0 Å². The second-order valence-electron chi connectivity index (χ2n) is 8.52. The van der Waals surface area contributed by atoms with Crippen molar-refractivity contribution in [2.45, 2.75) is 43.7 Å². The highest BCUT2D eigenvalue weighted by molar-refractivity contribution is 7.77. The van der Waals surface area contributed by atoms with Gasteiger partial charge in [0.2, 0.25) is 0 Å². The van der Waals surface area contributed by atoms with Gasteiger partial charge in [0.25, 0.3) is 0 Å². The normalized spacial score (nSPS) is 19.7. The van der Waals surface area contributed by atoms with Gasteiger partial charge in [0, 0.05) is 29.4 Å². The molecular weight excluding hydrogens is 431 g/mol. The monoisotopic (exact) mass is 455 g/mol. The Morgan fingerprint density at radius 1 is 1.16 bits per heavy atom. The van der Waals surface area contributed by atoms with Gasteiger partial charge in [-0.25, -0.2) is 13.8 Å². The molecule has 2 fully saturated rings. The molecule has 0 amide bonds. The molecular formula is C22H24FN6O2S-. The van der Waals surface area contributed by atoms with Gasteiger partial charge in [-0.2, -0.15) is 0 Å². The lowest BCUT2D eigenvalue weighted by Gasteiger charge is -2.31. The minimum Gasteiger partial charge on any atom is -0.760 e. The van der Waals surface area contributed by atoms with Gasteiger partial charge in [-0.15, -0.1) is 5.10 Å². The van der Waals surface area contributed by atoms with Crippen LogP contribution in [0.25, 0.3) is 5.69 Å². The summed E-state index contributed by atoms with van der Waals surface area (Å²) in [6, 6.07) is 12.4. The van der Waals surface area contributed by atoms with Gasteiger partial charge < -0.3 is 4.55 Å². The van der Waals surface area contributed by atoms with Crippen LogP contribution in [0.3, 0.4) is 0 Å². The minimum absolute atomic E-state index is 0.329. The second kappa shape index (κ2) is 8.78. The third kappa shape index (κ3) is 4.49. The van der Waals surface area contributed by atoms with Crippen molar-refractivity contribution in [2.75, 3.05) is 13.1 Å². The molecule has 2 aliphatic rings. The van der Waals surface area contributed by atoms with E-state index in [0.717, 1.165) is 55.9 Å². The Labute approximate surface area is 188 Å². The quantitative estimate of drug-likeness (QED) is 0.550. The van der Waals surface area contributed by atoms with Gasteiger partial charge in [0.05, 0.1) is 23.1 Å². The fourth-order valence-corrected chi connectivity index (χ4v) is 5.01. The van der Waals surface area contributed by atoms with Crippen LogP contribution in [-0.4, -0.2) is 46.7 Å². The maximum absolute atomic E-state index is 14.0. The highest BCUT2D eigenvalue weighted by Gasteiger charge is 2.46. The molecule has 0 bridgehead atoms. The first kappa shape index (κ1) is 21.3. The highest BCUT2D eigenvalue weighted by Crippen LogP contribution is 2.45. The van der Waals surface area contributed by atoms with Crippen molar-refractivity contribution in [2.24, 2.45) is 0 Å². The molecule has 0 spiro atoms. The average Bonchev–Trinajstić information content (AvgIpc) is 3.43. The zero-order valence-corrected chi connectivity index (χ0v) is 18.3. The largest absolute Gasteiger partial charge is 0.760 e. The molecule has 1 unspecified atom stereocenters. The molecule has 168 valence electrons. The Morgan fingerprint density at radius 3 is 2.66 bits per heavy atom. The van der Waals surface area contributed by atoms with Crippen LogP contribution in [0.4, 0.5) is 4.39 Å².